The van der Waals surface area contributed by atoms with Crippen LogP contribution < -0.4 is 9.47 Å². The van der Waals surface area contributed by atoms with Gasteiger partial charge in [0.1, 0.15) is 17.3 Å². The summed E-state index contributed by atoms with van der Waals surface area (Å²) in [6.07, 6.45) is 1.18. The van der Waals surface area contributed by atoms with Crippen molar-refractivity contribution in [1.82, 2.24) is 4.90 Å². The Labute approximate surface area is 118 Å². The maximum Gasteiger partial charge on any atom is 0.227 e. The Bertz CT molecular complexity index is 503. The summed E-state index contributed by atoms with van der Waals surface area (Å²) in [5.74, 6) is 1.62. The fraction of sp³-hybridized carbons (Fsp3) is 0.467. The van der Waals surface area contributed by atoms with Gasteiger partial charge in [0.25, 0.3) is 0 Å². The van der Waals surface area contributed by atoms with Crippen LogP contribution in [0.2, 0.25) is 0 Å². The van der Waals surface area contributed by atoms with E-state index in [9.17, 15) is 9.59 Å². The molecule has 1 fully saturated rings. The first-order chi connectivity index (χ1) is 9.63. The molecule has 20 heavy (non-hydrogen) atoms. The summed E-state index contributed by atoms with van der Waals surface area (Å²) >= 11 is 0. The molecule has 1 heterocycles. The second kappa shape index (κ2) is 6.41. The number of piperidine rings is 1. The first kappa shape index (κ1) is 14.4. The van der Waals surface area contributed by atoms with Gasteiger partial charge in [0, 0.05) is 31.5 Å². The van der Waals surface area contributed by atoms with Gasteiger partial charge in [-0.25, -0.2) is 0 Å². The van der Waals surface area contributed by atoms with Crippen molar-refractivity contribution in [3.05, 3.63) is 23.8 Å². The van der Waals surface area contributed by atoms with Gasteiger partial charge in [0.15, 0.2) is 0 Å². The summed E-state index contributed by atoms with van der Waals surface area (Å²) in [6, 6.07) is 5.40. The third kappa shape index (κ3) is 3.29. The lowest BCUT2D eigenvalue weighted by Gasteiger charge is -2.26. The fourth-order valence-electron chi connectivity index (χ4n) is 2.30. The van der Waals surface area contributed by atoms with Crippen LogP contribution in [0.3, 0.4) is 0 Å². The molecule has 1 aromatic rings. The van der Waals surface area contributed by atoms with Crippen LogP contribution in [-0.2, 0) is 16.0 Å². The van der Waals surface area contributed by atoms with Crippen molar-refractivity contribution in [1.29, 1.82) is 0 Å². The predicted octanol–water partition coefficient (Wildman–Crippen LogP) is 1.44. The van der Waals surface area contributed by atoms with E-state index in [2.05, 4.69) is 0 Å². The molecule has 1 saturated heterocycles. The van der Waals surface area contributed by atoms with Crippen molar-refractivity contribution in [2.24, 2.45) is 0 Å². The number of ether oxygens (including phenoxy) is 2. The summed E-state index contributed by atoms with van der Waals surface area (Å²) in [6.45, 7) is 1.04. The molecule has 1 aliphatic heterocycles. The Balaban J connectivity index is 2.08. The van der Waals surface area contributed by atoms with E-state index in [0.29, 0.717) is 37.4 Å². The Morgan fingerprint density at radius 2 is 1.90 bits per heavy atom. The first-order valence-electron chi connectivity index (χ1n) is 6.64. The SMILES string of the molecule is COc1ccc(OC)c(CC(=O)N2CCC(=O)CC2)c1. The molecule has 1 aliphatic rings. The summed E-state index contributed by atoms with van der Waals surface area (Å²) in [7, 11) is 3.17. The van der Waals surface area contributed by atoms with Crippen molar-refractivity contribution >= 4 is 11.7 Å². The smallest absolute Gasteiger partial charge is 0.227 e. The van der Waals surface area contributed by atoms with E-state index in [4.69, 9.17) is 9.47 Å². The monoisotopic (exact) mass is 277 g/mol. The molecule has 5 heteroatoms. The fourth-order valence-corrected chi connectivity index (χ4v) is 2.30. The predicted molar refractivity (Wildman–Crippen MR) is 74.1 cm³/mol. The first-order valence-corrected chi connectivity index (χ1v) is 6.64. The summed E-state index contributed by atoms with van der Waals surface area (Å²) in [5.41, 5.74) is 0.800. The minimum absolute atomic E-state index is 0.0176. The molecule has 1 amide bonds. The Morgan fingerprint density at radius 1 is 1.20 bits per heavy atom. The van der Waals surface area contributed by atoms with E-state index < -0.39 is 0 Å². The minimum Gasteiger partial charge on any atom is -0.497 e. The van der Waals surface area contributed by atoms with Gasteiger partial charge in [-0.2, -0.15) is 0 Å². The topological polar surface area (TPSA) is 55.8 Å². The lowest BCUT2D eigenvalue weighted by atomic mass is 10.1. The maximum atomic E-state index is 12.3. The molecule has 0 bridgehead atoms. The maximum absolute atomic E-state index is 12.3. The van der Waals surface area contributed by atoms with E-state index in [0.717, 1.165) is 5.56 Å². The van der Waals surface area contributed by atoms with E-state index in [1.54, 1.807) is 31.3 Å². The van der Waals surface area contributed by atoms with Gasteiger partial charge in [0.05, 0.1) is 20.6 Å². The van der Waals surface area contributed by atoms with E-state index in [-0.39, 0.29) is 18.1 Å². The minimum atomic E-state index is 0.0176. The van der Waals surface area contributed by atoms with Crippen LogP contribution in [-0.4, -0.2) is 43.9 Å². The van der Waals surface area contributed by atoms with Crippen LogP contribution in [0.4, 0.5) is 0 Å². The number of nitrogens with zero attached hydrogens (tertiary/aromatic N) is 1. The van der Waals surface area contributed by atoms with E-state index in [1.807, 2.05) is 6.07 Å². The quantitative estimate of drug-likeness (QED) is 0.835. The number of rotatable bonds is 4. The number of hydrogen-bond acceptors (Lipinski definition) is 4. The number of ketones is 1. The molecule has 2 rings (SSSR count). The van der Waals surface area contributed by atoms with E-state index in [1.165, 1.54) is 0 Å². The van der Waals surface area contributed by atoms with Crippen LogP contribution in [0.25, 0.3) is 0 Å². The number of Topliss-reactive ketones (excluding diaryl/α,β-unsaturated/α-hetero) is 1. The van der Waals surface area contributed by atoms with E-state index >= 15 is 0 Å². The van der Waals surface area contributed by atoms with Gasteiger partial charge in [-0.15, -0.1) is 0 Å². The van der Waals surface area contributed by atoms with Crippen molar-refractivity contribution < 1.29 is 19.1 Å². The van der Waals surface area contributed by atoms with Gasteiger partial charge in [-0.1, -0.05) is 0 Å². The average molecular weight is 277 g/mol. The lowest BCUT2D eigenvalue weighted by Crippen LogP contribution is -2.39. The highest BCUT2D eigenvalue weighted by atomic mass is 16.5. The van der Waals surface area contributed by atoms with Gasteiger partial charge in [-0.05, 0) is 18.2 Å². The number of likely N-dealkylation sites (tertiary alicyclic amines) is 1. The molecule has 0 radical (unpaired) electrons. The third-order valence-corrected chi connectivity index (χ3v) is 3.50. The molecule has 0 spiro atoms. The standard InChI is InChI=1S/C15H19NO4/c1-19-13-3-4-14(20-2)11(9-13)10-15(18)16-7-5-12(17)6-8-16/h3-4,9H,5-8,10H2,1-2H3. The van der Waals surface area contributed by atoms with Crippen molar-refractivity contribution in [2.45, 2.75) is 19.3 Å². The summed E-state index contributed by atoms with van der Waals surface area (Å²) in [4.78, 5) is 25.2. The molecule has 5 nitrogen and oxygen atoms in total. The molecular weight excluding hydrogens is 258 g/mol. The van der Waals surface area contributed by atoms with Crippen molar-refractivity contribution in [2.75, 3.05) is 27.3 Å². The molecule has 0 aromatic heterocycles. The van der Waals surface area contributed by atoms with Gasteiger partial charge in [0.2, 0.25) is 5.91 Å². The average Bonchev–Trinajstić information content (AvgIpc) is 2.47. The number of carbonyl (C=O) groups excluding carboxylic acids is 2. The second-order valence-corrected chi connectivity index (χ2v) is 4.77. The van der Waals surface area contributed by atoms with Crippen LogP contribution in [0, 0.1) is 0 Å². The molecule has 0 N–H and O–H groups in total. The molecular formula is C15H19NO4. The normalized spacial score (nSPS) is 15.1. The highest BCUT2D eigenvalue weighted by molar-refractivity contribution is 5.84. The molecule has 108 valence electrons. The van der Waals surface area contributed by atoms with Gasteiger partial charge < -0.3 is 14.4 Å². The van der Waals surface area contributed by atoms with Crippen LogP contribution in [0.1, 0.15) is 18.4 Å². The van der Waals surface area contributed by atoms with Crippen LogP contribution >= 0.6 is 0 Å². The van der Waals surface area contributed by atoms with Crippen LogP contribution in [0.15, 0.2) is 18.2 Å². The largest absolute Gasteiger partial charge is 0.497 e. The third-order valence-electron chi connectivity index (χ3n) is 3.50. The van der Waals surface area contributed by atoms with Crippen LogP contribution in [0.5, 0.6) is 11.5 Å². The molecule has 0 aliphatic carbocycles. The number of hydrogen-bond donors (Lipinski definition) is 0. The highest BCUT2D eigenvalue weighted by Gasteiger charge is 2.21. The Hall–Kier alpha value is -2.04. The zero-order valence-electron chi connectivity index (χ0n) is 11.8. The zero-order chi connectivity index (χ0) is 14.5. The van der Waals surface area contributed by atoms with Crippen molar-refractivity contribution in [3.63, 3.8) is 0 Å². The molecule has 0 saturated carbocycles. The van der Waals surface area contributed by atoms with Crippen molar-refractivity contribution in [3.8, 4) is 11.5 Å². The summed E-state index contributed by atoms with van der Waals surface area (Å²) in [5, 5.41) is 0. The lowest BCUT2D eigenvalue weighted by molar-refractivity contribution is -0.133. The number of amides is 1. The molecule has 0 unspecified atom stereocenters. The second-order valence-electron chi connectivity index (χ2n) is 4.77. The molecule has 1 aromatic carbocycles. The van der Waals surface area contributed by atoms with Gasteiger partial charge in [-0.3, -0.25) is 9.59 Å². The van der Waals surface area contributed by atoms with Gasteiger partial charge >= 0.3 is 0 Å². The molecule has 0 atom stereocenters. The Morgan fingerprint density at radius 3 is 2.50 bits per heavy atom. The highest BCUT2D eigenvalue weighted by Crippen LogP contribution is 2.25. The number of methoxy groups -OCH3 is 2. The number of carbonyl (C=O) groups is 2. The zero-order valence-corrected chi connectivity index (χ0v) is 11.8. The Kier molecular flexibility index (Phi) is 4.61. The number of benzene rings is 1. The summed E-state index contributed by atoms with van der Waals surface area (Å²) < 4.78 is 10.4.